The van der Waals surface area contributed by atoms with Crippen molar-refractivity contribution in [3.8, 4) is 0 Å². The zero-order valence-corrected chi connectivity index (χ0v) is 9.41. The molecule has 0 aliphatic heterocycles. The summed E-state index contributed by atoms with van der Waals surface area (Å²) in [5.41, 5.74) is 3.41. The molecule has 2 nitrogen and oxygen atoms in total. The van der Waals surface area contributed by atoms with Gasteiger partial charge in [-0.3, -0.25) is 4.79 Å². The molecule has 0 radical (unpaired) electrons. The van der Waals surface area contributed by atoms with E-state index >= 15 is 0 Å². The van der Waals surface area contributed by atoms with E-state index < -0.39 is 0 Å². The van der Waals surface area contributed by atoms with Gasteiger partial charge in [-0.1, -0.05) is 24.3 Å². The molecule has 0 bridgehead atoms. The number of rotatable bonds is 4. The molecule has 1 aromatic rings. The minimum Gasteiger partial charge on any atom is -0.310 e. The van der Waals surface area contributed by atoms with Crippen molar-refractivity contribution in [1.29, 1.82) is 0 Å². The minimum atomic E-state index is 0.478. The molecule has 2 rings (SSSR count). The Morgan fingerprint density at radius 3 is 3.12 bits per heavy atom. The van der Waals surface area contributed by atoms with Gasteiger partial charge in [0.05, 0.1) is 0 Å². The third-order valence-electron chi connectivity index (χ3n) is 3.20. The van der Waals surface area contributed by atoms with Gasteiger partial charge < -0.3 is 5.32 Å². The molecular weight excluding hydrogens is 198 g/mol. The van der Waals surface area contributed by atoms with E-state index in [4.69, 9.17) is 0 Å². The third kappa shape index (κ3) is 2.22. The molecule has 0 fully saturated rings. The van der Waals surface area contributed by atoms with Gasteiger partial charge in [0.15, 0.2) is 0 Å². The van der Waals surface area contributed by atoms with Crippen molar-refractivity contribution >= 4 is 6.29 Å². The maximum absolute atomic E-state index is 11.0. The van der Waals surface area contributed by atoms with E-state index in [1.165, 1.54) is 11.1 Å². The van der Waals surface area contributed by atoms with Crippen LogP contribution in [0, 0.1) is 0 Å². The largest absolute Gasteiger partial charge is 0.310 e. The highest BCUT2D eigenvalue weighted by atomic mass is 16.1. The maximum Gasteiger partial charge on any atom is 0.150 e. The number of hydrogen-bond acceptors (Lipinski definition) is 2. The van der Waals surface area contributed by atoms with Crippen LogP contribution in [0.5, 0.6) is 0 Å². The molecule has 0 spiro atoms. The predicted molar refractivity (Wildman–Crippen MR) is 65.8 cm³/mol. The predicted octanol–water partition coefficient (Wildman–Crippen LogP) is 2.13. The van der Waals surface area contributed by atoms with Crippen LogP contribution in [0.2, 0.25) is 0 Å². The summed E-state index contributed by atoms with van der Waals surface area (Å²) in [6.07, 6.45) is 6.00. The second-order valence-corrected chi connectivity index (χ2v) is 4.24. The van der Waals surface area contributed by atoms with Gasteiger partial charge in [-0.15, -0.1) is 6.58 Å². The molecule has 1 aliphatic carbocycles. The van der Waals surface area contributed by atoms with E-state index in [0.29, 0.717) is 6.04 Å². The van der Waals surface area contributed by atoms with E-state index in [1.54, 1.807) is 0 Å². The lowest BCUT2D eigenvalue weighted by Gasteiger charge is -2.26. The molecule has 16 heavy (non-hydrogen) atoms. The van der Waals surface area contributed by atoms with E-state index in [0.717, 1.165) is 37.7 Å². The smallest absolute Gasteiger partial charge is 0.150 e. The summed E-state index contributed by atoms with van der Waals surface area (Å²) in [6, 6.07) is 6.49. The van der Waals surface area contributed by atoms with Crippen LogP contribution in [0.25, 0.3) is 0 Å². The molecule has 1 aliphatic rings. The number of aryl methyl sites for hydroxylation is 1. The molecule has 1 unspecified atom stereocenters. The van der Waals surface area contributed by atoms with E-state index in [-0.39, 0.29) is 0 Å². The summed E-state index contributed by atoms with van der Waals surface area (Å²) in [6.45, 7) is 4.54. The van der Waals surface area contributed by atoms with Crippen molar-refractivity contribution in [1.82, 2.24) is 5.32 Å². The summed E-state index contributed by atoms with van der Waals surface area (Å²) >= 11 is 0. The Hall–Kier alpha value is -1.41. The number of nitrogens with one attached hydrogen (secondary N) is 1. The monoisotopic (exact) mass is 215 g/mol. The average molecular weight is 215 g/mol. The number of carbonyl (C=O) groups is 1. The van der Waals surface area contributed by atoms with Crippen molar-refractivity contribution in [2.45, 2.75) is 25.3 Å². The van der Waals surface area contributed by atoms with Gasteiger partial charge >= 0.3 is 0 Å². The quantitative estimate of drug-likeness (QED) is 0.616. The first-order chi connectivity index (χ1) is 7.85. The lowest BCUT2D eigenvalue weighted by molar-refractivity contribution is 0.112. The van der Waals surface area contributed by atoms with Crippen LogP contribution in [0.15, 0.2) is 30.9 Å². The highest BCUT2D eigenvalue weighted by Crippen LogP contribution is 2.23. The fraction of sp³-hybridized carbons (Fsp3) is 0.357. The first kappa shape index (κ1) is 11.1. The fourth-order valence-electron chi connectivity index (χ4n) is 2.35. The van der Waals surface area contributed by atoms with Crippen molar-refractivity contribution in [2.75, 3.05) is 6.54 Å². The van der Waals surface area contributed by atoms with E-state index in [2.05, 4.69) is 18.0 Å². The number of hydrogen-bond donors (Lipinski definition) is 1. The van der Waals surface area contributed by atoms with Gasteiger partial charge in [0.2, 0.25) is 0 Å². The first-order valence-electron chi connectivity index (χ1n) is 5.75. The van der Waals surface area contributed by atoms with Gasteiger partial charge in [-0.25, -0.2) is 0 Å². The number of fused-ring (bicyclic) bond motifs is 1. The standard InChI is InChI=1S/C14H17NO/c1-2-8-15-13-7-6-11-4-3-5-12(10-16)14(11)9-13/h2-5,10,13,15H,1,6-9H2. The van der Waals surface area contributed by atoms with E-state index in [1.807, 2.05) is 18.2 Å². The second-order valence-electron chi connectivity index (χ2n) is 4.24. The van der Waals surface area contributed by atoms with E-state index in [9.17, 15) is 4.79 Å². The molecule has 84 valence electrons. The highest BCUT2D eigenvalue weighted by Gasteiger charge is 2.19. The number of carbonyl (C=O) groups excluding carboxylic acids is 1. The molecule has 0 amide bonds. The van der Waals surface area contributed by atoms with Crippen molar-refractivity contribution in [3.63, 3.8) is 0 Å². The van der Waals surface area contributed by atoms with Gasteiger partial charge in [0.25, 0.3) is 0 Å². The average Bonchev–Trinajstić information content (AvgIpc) is 2.35. The maximum atomic E-state index is 11.0. The Morgan fingerprint density at radius 2 is 2.38 bits per heavy atom. The Morgan fingerprint density at radius 1 is 1.50 bits per heavy atom. The second kappa shape index (κ2) is 5.08. The van der Waals surface area contributed by atoms with Crippen LogP contribution in [0.4, 0.5) is 0 Å². The third-order valence-corrected chi connectivity index (χ3v) is 3.20. The van der Waals surface area contributed by atoms with Gasteiger partial charge in [-0.05, 0) is 30.4 Å². The Bertz CT molecular complexity index is 398. The Balaban J connectivity index is 2.17. The summed E-state index contributed by atoms with van der Waals surface area (Å²) in [5, 5.41) is 3.43. The molecule has 0 saturated carbocycles. The van der Waals surface area contributed by atoms with Crippen molar-refractivity contribution < 1.29 is 4.79 Å². The van der Waals surface area contributed by atoms with Crippen LogP contribution in [0.1, 0.15) is 27.9 Å². The molecule has 1 N–H and O–H groups in total. The normalized spacial score (nSPS) is 18.9. The molecule has 1 atom stereocenters. The summed E-state index contributed by atoms with van der Waals surface area (Å²) in [4.78, 5) is 11.0. The molecule has 0 aromatic heterocycles. The van der Waals surface area contributed by atoms with Crippen LogP contribution in [-0.4, -0.2) is 18.9 Å². The topological polar surface area (TPSA) is 29.1 Å². The SMILES string of the molecule is C=CCNC1CCc2cccc(C=O)c2C1. The highest BCUT2D eigenvalue weighted by molar-refractivity contribution is 5.78. The zero-order chi connectivity index (χ0) is 11.4. The van der Waals surface area contributed by atoms with Crippen LogP contribution in [-0.2, 0) is 12.8 Å². The molecular formula is C14H17NO. The summed E-state index contributed by atoms with van der Waals surface area (Å²) in [5.74, 6) is 0. The van der Waals surface area contributed by atoms with Gasteiger partial charge in [0, 0.05) is 18.2 Å². The molecule has 2 heteroatoms. The van der Waals surface area contributed by atoms with Crippen molar-refractivity contribution in [3.05, 3.63) is 47.5 Å². The zero-order valence-electron chi connectivity index (χ0n) is 9.41. The molecule has 0 heterocycles. The first-order valence-corrected chi connectivity index (χ1v) is 5.75. The summed E-state index contributed by atoms with van der Waals surface area (Å²) < 4.78 is 0. The summed E-state index contributed by atoms with van der Waals surface area (Å²) in [7, 11) is 0. The van der Waals surface area contributed by atoms with Gasteiger partial charge in [0.1, 0.15) is 6.29 Å². The van der Waals surface area contributed by atoms with Crippen molar-refractivity contribution in [2.24, 2.45) is 0 Å². The molecule has 0 saturated heterocycles. The van der Waals surface area contributed by atoms with Crippen LogP contribution >= 0.6 is 0 Å². The van der Waals surface area contributed by atoms with Crippen LogP contribution in [0.3, 0.4) is 0 Å². The minimum absolute atomic E-state index is 0.478. The fourth-order valence-corrected chi connectivity index (χ4v) is 2.35. The lowest BCUT2D eigenvalue weighted by Crippen LogP contribution is -2.35. The number of aldehydes is 1. The Kier molecular flexibility index (Phi) is 3.52. The molecule has 1 aromatic carbocycles. The lowest BCUT2D eigenvalue weighted by atomic mass is 9.85. The van der Waals surface area contributed by atoms with Gasteiger partial charge in [-0.2, -0.15) is 0 Å². The Labute approximate surface area is 96.4 Å². The van der Waals surface area contributed by atoms with Crippen LogP contribution < -0.4 is 5.32 Å². The number of benzene rings is 1.